The van der Waals surface area contributed by atoms with E-state index in [9.17, 15) is 9.59 Å². The first-order valence-electron chi connectivity index (χ1n) is 7.68. The van der Waals surface area contributed by atoms with E-state index < -0.39 is 0 Å². The summed E-state index contributed by atoms with van der Waals surface area (Å²) in [6, 6.07) is -0.433. The lowest BCUT2D eigenvalue weighted by molar-refractivity contribution is -0.136. The number of amides is 2. The second kappa shape index (κ2) is 6.57. The molecule has 2 rings (SSSR count). The number of ether oxygens (including phenoxy) is 1. The van der Waals surface area contributed by atoms with Crippen LogP contribution in [-0.2, 0) is 14.3 Å². The van der Waals surface area contributed by atoms with Crippen LogP contribution >= 0.6 is 0 Å². The third-order valence-corrected chi connectivity index (χ3v) is 4.06. The van der Waals surface area contributed by atoms with E-state index in [0.29, 0.717) is 25.3 Å². The summed E-state index contributed by atoms with van der Waals surface area (Å²) in [7, 11) is 0. The third kappa shape index (κ3) is 3.72. The van der Waals surface area contributed by atoms with Crippen LogP contribution in [-0.4, -0.2) is 48.1 Å². The van der Waals surface area contributed by atoms with Crippen molar-refractivity contribution in [2.75, 3.05) is 13.2 Å². The standard InChI is InChI=1S/C15H26N2O3/c1-10(2)7-13-15(19)17(9-12-5-4-6-20-12)11(3)8-14(18)16-13/h10-13H,4-9H2,1-3H3,(H,16,18). The minimum atomic E-state index is -0.381. The molecule has 20 heavy (non-hydrogen) atoms. The Balaban J connectivity index is 2.09. The van der Waals surface area contributed by atoms with Crippen molar-refractivity contribution in [3.05, 3.63) is 0 Å². The minimum absolute atomic E-state index is 0.0219. The topological polar surface area (TPSA) is 58.6 Å². The van der Waals surface area contributed by atoms with Crippen LogP contribution in [0.4, 0.5) is 0 Å². The van der Waals surface area contributed by atoms with Crippen molar-refractivity contribution in [3.8, 4) is 0 Å². The summed E-state index contributed by atoms with van der Waals surface area (Å²) >= 11 is 0. The van der Waals surface area contributed by atoms with Crippen LogP contribution in [0.3, 0.4) is 0 Å². The molecule has 0 aliphatic carbocycles. The van der Waals surface area contributed by atoms with Crippen LogP contribution in [0.25, 0.3) is 0 Å². The average Bonchev–Trinajstić information content (AvgIpc) is 2.83. The minimum Gasteiger partial charge on any atom is -0.376 e. The van der Waals surface area contributed by atoms with Gasteiger partial charge in [-0.3, -0.25) is 9.59 Å². The van der Waals surface area contributed by atoms with Gasteiger partial charge >= 0.3 is 0 Å². The zero-order valence-electron chi connectivity index (χ0n) is 12.7. The van der Waals surface area contributed by atoms with Crippen molar-refractivity contribution in [2.24, 2.45) is 5.92 Å². The summed E-state index contributed by atoms with van der Waals surface area (Å²) in [5.41, 5.74) is 0. The number of nitrogens with zero attached hydrogens (tertiary/aromatic N) is 1. The van der Waals surface area contributed by atoms with E-state index in [1.54, 1.807) is 0 Å². The van der Waals surface area contributed by atoms with Gasteiger partial charge in [-0.1, -0.05) is 13.8 Å². The number of carbonyl (C=O) groups is 2. The summed E-state index contributed by atoms with van der Waals surface area (Å²) in [6.45, 7) is 7.48. The van der Waals surface area contributed by atoms with Gasteiger partial charge < -0.3 is 15.0 Å². The highest BCUT2D eigenvalue weighted by Crippen LogP contribution is 2.20. The van der Waals surface area contributed by atoms with E-state index in [1.807, 2.05) is 11.8 Å². The van der Waals surface area contributed by atoms with E-state index in [0.717, 1.165) is 19.4 Å². The third-order valence-electron chi connectivity index (χ3n) is 4.06. The predicted molar refractivity (Wildman–Crippen MR) is 76.2 cm³/mol. The Kier molecular flexibility index (Phi) is 5.02. The van der Waals surface area contributed by atoms with Crippen molar-refractivity contribution in [3.63, 3.8) is 0 Å². The molecule has 2 aliphatic heterocycles. The number of nitrogens with one attached hydrogen (secondary N) is 1. The molecular formula is C15H26N2O3. The van der Waals surface area contributed by atoms with Crippen LogP contribution in [0.2, 0.25) is 0 Å². The molecule has 5 heteroatoms. The lowest BCUT2D eigenvalue weighted by Crippen LogP contribution is -2.49. The smallest absolute Gasteiger partial charge is 0.245 e. The molecule has 2 fully saturated rings. The fraction of sp³-hybridized carbons (Fsp3) is 0.867. The van der Waals surface area contributed by atoms with E-state index in [2.05, 4.69) is 19.2 Å². The first-order valence-corrected chi connectivity index (χ1v) is 7.68. The molecule has 5 nitrogen and oxygen atoms in total. The van der Waals surface area contributed by atoms with Gasteiger partial charge in [0.15, 0.2) is 0 Å². The number of hydrogen-bond acceptors (Lipinski definition) is 3. The van der Waals surface area contributed by atoms with Gasteiger partial charge in [-0.15, -0.1) is 0 Å². The molecule has 0 saturated carbocycles. The van der Waals surface area contributed by atoms with E-state index in [1.165, 1.54) is 0 Å². The second-order valence-electron chi connectivity index (χ2n) is 6.43. The van der Waals surface area contributed by atoms with Crippen LogP contribution in [0.5, 0.6) is 0 Å². The molecule has 0 radical (unpaired) electrons. The molecule has 1 N–H and O–H groups in total. The van der Waals surface area contributed by atoms with Crippen LogP contribution in [0.15, 0.2) is 0 Å². The summed E-state index contributed by atoms with van der Waals surface area (Å²) in [6.07, 6.45) is 3.28. The van der Waals surface area contributed by atoms with Crippen molar-refractivity contribution in [1.29, 1.82) is 0 Å². The summed E-state index contributed by atoms with van der Waals surface area (Å²) < 4.78 is 5.64. The fourth-order valence-corrected chi connectivity index (χ4v) is 3.02. The van der Waals surface area contributed by atoms with Crippen LogP contribution in [0, 0.1) is 5.92 Å². The summed E-state index contributed by atoms with van der Waals surface area (Å²) in [5, 5.41) is 2.87. The lowest BCUT2D eigenvalue weighted by atomic mass is 10.0. The van der Waals surface area contributed by atoms with Crippen molar-refractivity contribution in [1.82, 2.24) is 10.2 Å². The van der Waals surface area contributed by atoms with Gasteiger partial charge in [0.05, 0.1) is 6.10 Å². The molecule has 2 heterocycles. The van der Waals surface area contributed by atoms with Gasteiger partial charge in [-0.05, 0) is 32.1 Å². The van der Waals surface area contributed by atoms with E-state index in [-0.39, 0.29) is 30.0 Å². The first-order chi connectivity index (χ1) is 9.47. The van der Waals surface area contributed by atoms with Gasteiger partial charge in [-0.2, -0.15) is 0 Å². The Morgan fingerprint density at radius 3 is 2.75 bits per heavy atom. The maximum Gasteiger partial charge on any atom is 0.245 e. The molecule has 3 unspecified atom stereocenters. The van der Waals surface area contributed by atoms with Crippen LogP contribution in [0.1, 0.15) is 46.5 Å². The Labute approximate surface area is 121 Å². The maximum absolute atomic E-state index is 12.7. The molecule has 2 aliphatic rings. The van der Waals surface area contributed by atoms with Crippen LogP contribution < -0.4 is 5.32 Å². The Morgan fingerprint density at radius 2 is 2.15 bits per heavy atom. The Hall–Kier alpha value is -1.10. The lowest BCUT2D eigenvalue weighted by Gasteiger charge is -2.31. The predicted octanol–water partition coefficient (Wildman–Crippen LogP) is 1.32. The zero-order valence-corrected chi connectivity index (χ0v) is 12.7. The van der Waals surface area contributed by atoms with Crippen molar-refractivity contribution in [2.45, 2.75) is 64.6 Å². The molecule has 3 atom stereocenters. The molecule has 0 aromatic rings. The highest BCUT2D eigenvalue weighted by atomic mass is 16.5. The second-order valence-corrected chi connectivity index (χ2v) is 6.43. The zero-order chi connectivity index (χ0) is 14.7. The maximum atomic E-state index is 12.7. The number of rotatable bonds is 4. The highest BCUT2D eigenvalue weighted by molar-refractivity contribution is 5.90. The van der Waals surface area contributed by atoms with Gasteiger partial charge in [0.25, 0.3) is 0 Å². The van der Waals surface area contributed by atoms with E-state index in [4.69, 9.17) is 4.74 Å². The van der Waals surface area contributed by atoms with Crippen molar-refractivity contribution < 1.29 is 14.3 Å². The summed E-state index contributed by atoms with van der Waals surface area (Å²) in [5.74, 6) is 0.404. The van der Waals surface area contributed by atoms with E-state index >= 15 is 0 Å². The largest absolute Gasteiger partial charge is 0.376 e. The van der Waals surface area contributed by atoms with Gasteiger partial charge in [-0.25, -0.2) is 0 Å². The highest BCUT2D eigenvalue weighted by Gasteiger charge is 2.35. The quantitative estimate of drug-likeness (QED) is 0.846. The molecule has 0 spiro atoms. The van der Waals surface area contributed by atoms with Gasteiger partial charge in [0.2, 0.25) is 11.8 Å². The molecule has 0 aromatic heterocycles. The average molecular weight is 282 g/mol. The Morgan fingerprint density at radius 1 is 1.40 bits per heavy atom. The van der Waals surface area contributed by atoms with Crippen molar-refractivity contribution >= 4 is 11.8 Å². The molecule has 2 amide bonds. The molecular weight excluding hydrogens is 256 g/mol. The SMILES string of the molecule is CC(C)CC1NC(=O)CC(C)N(CC2CCCO2)C1=O. The molecule has 0 bridgehead atoms. The molecule has 2 saturated heterocycles. The first kappa shape index (κ1) is 15.3. The van der Waals surface area contributed by atoms with Gasteiger partial charge in [0, 0.05) is 25.6 Å². The normalized spacial score (nSPS) is 31.6. The number of carbonyl (C=O) groups excluding carboxylic acids is 2. The fourth-order valence-electron chi connectivity index (χ4n) is 3.02. The summed E-state index contributed by atoms with van der Waals surface area (Å²) in [4.78, 5) is 26.4. The number of hydrogen-bond donors (Lipinski definition) is 1. The monoisotopic (exact) mass is 282 g/mol. The van der Waals surface area contributed by atoms with Gasteiger partial charge in [0.1, 0.15) is 6.04 Å². The Bertz CT molecular complexity index is 364. The molecule has 114 valence electrons. The molecule has 0 aromatic carbocycles.